The summed E-state index contributed by atoms with van der Waals surface area (Å²) in [4.78, 5) is 0. The van der Waals surface area contributed by atoms with Crippen LogP contribution in [0.4, 0.5) is 0 Å². The predicted molar refractivity (Wildman–Crippen MR) is 282 cm³/mol. The number of fused-ring (bicyclic) bond motifs is 8. The predicted octanol–water partition coefficient (Wildman–Crippen LogP) is 12.9. The summed E-state index contributed by atoms with van der Waals surface area (Å²) in [6.07, 6.45) is 1.52. The van der Waals surface area contributed by atoms with E-state index in [1.54, 1.807) is 0 Å². The number of benzene rings is 6. The minimum atomic E-state index is -0.247. The zero-order valence-corrected chi connectivity index (χ0v) is 43.7. The zero-order valence-electron chi connectivity index (χ0n) is 43.7. The van der Waals surface area contributed by atoms with Gasteiger partial charge in [0.1, 0.15) is 60.9 Å². The van der Waals surface area contributed by atoms with Crippen LogP contribution in [0.25, 0.3) is 0 Å². The Morgan fingerprint density at radius 2 is 0.600 bits per heavy atom. The highest BCUT2D eigenvalue weighted by Gasteiger charge is 2.29. The maximum absolute atomic E-state index is 12.7. The second-order valence-corrected chi connectivity index (χ2v) is 23.2. The molecule has 0 radical (unpaired) electrons. The number of aromatic hydroxyl groups is 2. The Labute approximate surface area is 417 Å². The third-order valence-electron chi connectivity index (χ3n) is 13.5. The molecular weight excluding hydrogens is 873 g/mol. The smallest absolute Gasteiger partial charge is 0.126 e. The van der Waals surface area contributed by atoms with Gasteiger partial charge in [-0.1, -0.05) is 168 Å². The van der Waals surface area contributed by atoms with E-state index in [1.165, 1.54) is 0 Å². The van der Waals surface area contributed by atoms with Crippen molar-refractivity contribution in [1.29, 1.82) is 0 Å². The minimum Gasteiger partial charge on any atom is -0.507 e. The van der Waals surface area contributed by atoms with Crippen molar-refractivity contribution in [2.24, 2.45) is 0 Å². The Bertz CT molecular complexity index is 2520. The lowest BCUT2D eigenvalue weighted by molar-refractivity contribution is 0.208. The molecule has 0 saturated heterocycles. The molecule has 0 saturated carbocycles. The van der Waals surface area contributed by atoms with Gasteiger partial charge in [-0.15, -0.1) is 0 Å². The van der Waals surface area contributed by atoms with Crippen LogP contribution in [0.2, 0.25) is 0 Å². The van der Waals surface area contributed by atoms with Gasteiger partial charge in [-0.25, -0.2) is 0 Å². The van der Waals surface area contributed by atoms with Crippen molar-refractivity contribution in [2.75, 3.05) is 26.4 Å². The zero-order chi connectivity index (χ0) is 50.8. The molecule has 1 aliphatic rings. The average molecular weight is 949 g/mol. The van der Waals surface area contributed by atoms with E-state index in [0.717, 1.165) is 66.8 Å². The second-order valence-electron chi connectivity index (χ2n) is 23.2. The van der Waals surface area contributed by atoms with Crippen molar-refractivity contribution in [3.63, 3.8) is 0 Å². The van der Waals surface area contributed by atoms with E-state index in [1.807, 2.05) is 48.5 Å². The molecule has 0 fully saturated rings. The summed E-state index contributed by atoms with van der Waals surface area (Å²) in [6.45, 7) is 27.1. The SMILES string of the molecule is CC(C)(C)c1cc2c(O)c(c1)Cc1cc(C(C)(C)C)cc(c1OCCOc1ccccc1CO)Cc1cc(C(C)(C)C)cc(c1O)Cc1cc(C(C)(C)C)cc(c1OCCOc1ccccc1CO)C2. The molecule has 7 rings (SSSR count). The number of aliphatic hydroxyl groups is 2. The highest BCUT2D eigenvalue weighted by Crippen LogP contribution is 2.44. The summed E-state index contributed by atoms with van der Waals surface area (Å²) < 4.78 is 26.2. The first-order valence-corrected chi connectivity index (χ1v) is 24.9. The quantitative estimate of drug-likeness (QED) is 0.0895. The lowest BCUT2D eigenvalue weighted by atomic mass is 9.79. The van der Waals surface area contributed by atoms with Gasteiger partial charge in [-0.05, 0) is 101 Å². The van der Waals surface area contributed by atoms with Crippen molar-refractivity contribution in [1.82, 2.24) is 0 Å². The maximum atomic E-state index is 12.7. The van der Waals surface area contributed by atoms with Crippen molar-refractivity contribution in [3.05, 3.63) is 175 Å². The first kappa shape index (κ1) is 51.9. The molecule has 70 heavy (non-hydrogen) atoms. The molecule has 8 nitrogen and oxygen atoms in total. The van der Waals surface area contributed by atoms with Gasteiger partial charge in [-0.3, -0.25) is 0 Å². The summed E-state index contributed by atoms with van der Waals surface area (Å²) in [5, 5.41) is 45.4. The van der Waals surface area contributed by atoms with E-state index in [2.05, 4.69) is 132 Å². The highest BCUT2D eigenvalue weighted by atomic mass is 16.5. The largest absolute Gasteiger partial charge is 0.507 e. The standard InChI is InChI=1S/C62H76O8/c1-59(2,3)49-29-41-25-45-33-51(61(7,8)9)35-47(57(45)69-23-21-67-53-19-15-13-17-39(53)37-63)27-43-31-50(60(4,5)6)32-44(56(43)66)28-48-36-52(62(10,11)12)34-46(26-42(30-49)55(41)65)58(48)70-24-22-68-54-20-16-14-18-40(54)38-64/h13-20,29-36,63-66H,21-28,37-38H2,1-12H3. The van der Waals surface area contributed by atoms with Gasteiger partial charge in [0.25, 0.3) is 0 Å². The van der Waals surface area contributed by atoms with Crippen LogP contribution in [0.5, 0.6) is 34.5 Å². The molecule has 0 amide bonds. The lowest BCUT2D eigenvalue weighted by Crippen LogP contribution is -2.18. The van der Waals surface area contributed by atoms with Gasteiger partial charge in [-0.2, -0.15) is 0 Å². The van der Waals surface area contributed by atoms with Crippen LogP contribution in [-0.4, -0.2) is 46.9 Å². The number of hydrogen-bond donors (Lipinski definition) is 4. The van der Waals surface area contributed by atoms with E-state index < -0.39 is 0 Å². The van der Waals surface area contributed by atoms with E-state index >= 15 is 0 Å². The van der Waals surface area contributed by atoms with E-state index in [-0.39, 0.29) is 72.8 Å². The van der Waals surface area contributed by atoms with Gasteiger partial charge in [0, 0.05) is 36.8 Å². The monoisotopic (exact) mass is 949 g/mol. The minimum absolute atomic E-state index is 0.134. The van der Waals surface area contributed by atoms with Gasteiger partial charge in [0.15, 0.2) is 0 Å². The van der Waals surface area contributed by atoms with Crippen LogP contribution >= 0.6 is 0 Å². The van der Waals surface area contributed by atoms with Crippen LogP contribution in [0, 0.1) is 0 Å². The summed E-state index contributed by atoms with van der Waals surface area (Å²) in [7, 11) is 0. The Hall–Kier alpha value is -5.96. The number of rotatable bonds is 12. The lowest BCUT2D eigenvalue weighted by Gasteiger charge is -2.28. The number of phenols is 2. The third-order valence-corrected chi connectivity index (χ3v) is 13.5. The van der Waals surface area contributed by atoms with Crippen LogP contribution in [-0.2, 0) is 60.6 Å². The van der Waals surface area contributed by atoms with Crippen LogP contribution in [0.1, 0.15) is 161 Å². The molecule has 372 valence electrons. The van der Waals surface area contributed by atoms with Gasteiger partial charge < -0.3 is 39.4 Å². The van der Waals surface area contributed by atoms with E-state index in [0.29, 0.717) is 59.8 Å². The van der Waals surface area contributed by atoms with Gasteiger partial charge >= 0.3 is 0 Å². The summed E-state index contributed by atoms with van der Waals surface area (Å²) in [6, 6.07) is 32.4. The molecule has 8 bridgehead atoms. The molecule has 4 N–H and O–H groups in total. The number of phenolic OH excluding ortho intramolecular Hbond substituents is 2. The Balaban J connectivity index is 1.45. The fourth-order valence-corrected chi connectivity index (χ4v) is 9.16. The first-order valence-electron chi connectivity index (χ1n) is 24.9. The fraction of sp³-hybridized carbons (Fsp3) is 0.419. The van der Waals surface area contributed by atoms with E-state index in [9.17, 15) is 20.4 Å². The molecule has 6 aromatic rings. The molecule has 0 heterocycles. The van der Waals surface area contributed by atoms with Crippen LogP contribution in [0.3, 0.4) is 0 Å². The number of ether oxygens (including phenoxy) is 4. The molecule has 8 heteroatoms. The fourth-order valence-electron chi connectivity index (χ4n) is 9.16. The molecule has 0 atom stereocenters. The summed E-state index contributed by atoms with van der Waals surface area (Å²) in [5.74, 6) is 3.07. The molecule has 0 aliphatic heterocycles. The van der Waals surface area contributed by atoms with Crippen molar-refractivity contribution < 1.29 is 39.4 Å². The third kappa shape index (κ3) is 12.1. The van der Waals surface area contributed by atoms with E-state index in [4.69, 9.17) is 18.9 Å². The molecule has 0 aromatic heterocycles. The van der Waals surface area contributed by atoms with Crippen LogP contribution < -0.4 is 18.9 Å². The molecular formula is C62H76O8. The van der Waals surface area contributed by atoms with Gasteiger partial charge in [0.05, 0.1) is 13.2 Å². The Morgan fingerprint density at radius 1 is 0.357 bits per heavy atom. The molecule has 0 spiro atoms. The molecule has 0 unspecified atom stereocenters. The van der Waals surface area contributed by atoms with Crippen LogP contribution in [0.15, 0.2) is 97.1 Å². The Morgan fingerprint density at radius 3 is 0.857 bits per heavy atom. The normalized spacial score (nSPS) is 13.2. The summed E-state index contributed by atoms with van der Waals surface area (Å²) >= 11 is 0. The summed E-state index contributed by atoms with van der Waals surface area (Å²) in [5.41, 5.74) is 11.7. The number of para-hydroxylation sites is 2. The van der Waals surface area contributed by atoms with Crippen molar-refractivity contribution in [2.45, 2.75) is 144 Å². The first-order chi connectivity index (χ1) is 32.9. The molecule has 6 aromatic carbocycles. The van der Waals surface area contributed by atoms with Crippen molar-refractivity contribution >= 4 is 0 Å². The topological polar surface area (TPSA) is 118 Å². The number of aliphatic hydroxyl groups excluding tert-OH is 2. The average Bonchev–Trinajstić information content (AvgIpc) is 3.28. The Kier molecular flexibility index (Phi) is 15.4. The maximum Gasteiger partial charge on any atom is 0.126 e. The second kappa shape index (κ2) is 20.8. The van der Waals surface area contributed by atoms with Gasteiger partial charge in [0.2, 0.25) is 0 Å². The number of hydrogen-bond acceptors (Lipinski definition) is 8. The highest BCUT2D eigenvalue weighted by molar-refractivity contribution is 5.59. The van der Waals surface area contributed by atoms with Crippen molar-refractivity contribution in [3.8, 4) is 34.5 Å². The molecule has 1 aliphatic carbocycles.